The maximum Gasteiger partial charge on any atom is 0.221 e. The van der Waals surface area contributed by atoms with Crippen LogP contribution in [0.4, 0.5) is 11.8 Å². The number of nitrogens with one attached hydrogen (secondary N) is 1. The Balaban J connectivity index is 1.87. The molecule has 0 aliphatic carbocycles. The highest BCUT2D eigenvalue weighted by Crippen LogP contribution is 2.21. The molecule has 0 radical (unpaired) electrons. The molecule has 0 unspecified atom stereocenters. The number of anilines is 2. The zero-order valence-corrected chi connectivity index (χ0v) is 11.6. The summed E-state index contributed by atoms with van der Waals surface area (Å²) < 4.78 is 0.861. The molecule has 0 aromatic carbocycles. The molecule has 1 saturated heterocycles. The Hall–Kier alpha value is -0.880. The smallest absolute Gasteiger partial charge is 0.221 e. The van der Waals surface area contributed by atoms with Gasteiger partial charge in [-0.3, -0.25) is 0 Å². The van der Waals surface area contributed by atoms with Gasteiger partial charge in [-0.15, -0.1) is 0 Å². The monoisotopic (exact) mass is 299 g/mol. The molecule has 1 fully saturated rings. The second-order valence-electron chi connectivity index (χ2n) is 4.55. The number of halogens is 1. The van der Waals surface area contributed by atoms with Crippen molar-refractivity contribution >= 4 is 27.7 Å². The molecule has 0 spiro atoms. The van der Waals surface area contributed by atoms with Crippen LogP contribution in [0.2, 0.25) is 0 Å². The Morgan fingerprint density at radius 2 is 2.24 bits per heavy atom. The zero-order valence-electron chi connectivity index (χ0n) is 9.99. The first kappa shape index (κ1) is 12.6. The summed E-state index contributed by atoms with van der Waals surface area (Å²) in [5, 5.41) is 3.34. The number of nitrogens with zero attached hydrogens (tertiary/aromatic N) is 3. The van der Waals surface area contributed by atoms with Crippen molar-refractivity contribution in [2.24, 2.45) is 5.92 Å². The molecule has 3 N–H and O–H groups in total. The predicted molar refractivity (Wildman–Crippen MR) is 72.9 cm³/mol. The van der Waals surface area contributed by atoms with Crippen molar-refractivity contribution in [1.29, 1.82) is 0 Å². The van der Waals surface area contributed by atoms with Gasteiger partial charge in [0.15, 0.2) is 0 Å². The van der Waals surface area contributed by atoms with Crippen molar-refractivity contribution in [3.63, 3.8) is 0 Å². The number of likely N-dealkylation sites (tertiary alicyclic amines) is 1. The van der Waals surface area contributed by atoms with Crippen molar-refractivity contribution in [3.8, 4) is 0 Å². The van der Waals surface area contributed by atoms with Crippen LogP contribution in [-0.2, 0) is 0 Å². The van der Waals surface area contributed by atoms with Crippen molar-refractivity contribution in [1.82, 2.24) is 14.9 Å². The van der Waals surface area contributed by atoms with E-state index in [0.717, 1.165) is 16.8 Å². The van der Waals surface area contributed by atoms with E-state index in [9.17, 15) is 0 Å². The molecular weight excluding hydrogens is 282 g/mol. The van der Waals surface area contributed by atoms with Gasteiger partial charge in [0.1, 0.15) is 5.82 Å². The normalized spacial score (nSPS) is 18.2. The highest BCUT2D eigenvalue weighted by molar-refractivity contribution is 9.10. The third-order valence-electron chi connectivity index (χ3n) is 3.16. The molecule has 1 aromatic rings. The van der Waals surface area contributed by atoms with Crippen LogP contribution in [-0.4, -0.2) is 41.5 Å². The zero-order chi connectivity index (χ0) is 12.3. The highest BCUT2D eigenvalue weighted by atomic mass is 79.9. The lowest BCUT2D eigenvalue weighted by atomic mass is 9.97. The van der Waals surface area contributed by atoms with E-state index in [1.54, 1.807) is 6.20 Å². The molecule has 5 nitrogen and oxygen atoms in total. The summed E-state index contributed by atoms with van der Waals surface area (Å²) in [6, 6.07) is 0. The van der Waals surface area contributed by atoms with E-state index in [1.807, 2.05) is 0 Å². The van der Waals surface area contributed by atoms with Crippen LogP contribution in [0.15, 0.2) is 10.7 Å². The number of rotatable bonds is 3. The van der Waals surface area contributed by atoms with E-state index in [-0.39, 0.29) is 0 Å². The van der Waals surface area contributed by atoms with Crippen molar-refractivity contribution < 1.29 is 0 Å². The molecule has 0 saturated carbocycles. The van der Waals surface area contributed by atoms with Gasteiger partial charge in [-0.25, -0.2) is 4.98 Å². The molecule has 94 valence electrons. The summed E-state index contributed by atoms with van der Waals surface area (Å²) in [4.78, 5) is 10.5. The third kappa shape index (κ3) is 3.54. The lowest BCUT2D eigenvalue weighted by Gasteiger charge is -2.29. The fourth-order valence-electron chi connectivity index (χ4n) is 2.01. The molecule has 6 heteroatoms. The molecule has 2 rings (SSSR count). The molecule has 0 atom stereocenters. The average molecular weight is 300 g/mol. The van der Waals surface area contributed by atoms with Gasteiger partial charge in [0.25, 0.3) is 0 Å². The van der Waals surface area contributed by atoms with Gasteiger partial charge >= 0.3 is 0 Å². The second-order valence-corrected chi connectivity index (χ2v) is 5.41. The molecule has 0 amide bonds. The van der Waals surface area contributed by atoms with Crippen LogP contribution in [0.1, 0.15) is 12.8 Å². The minimum Gasteiger partial charge on any atom is -0.369 e. The Morgan fingerprint density at radius 3 is 2.94 bits per heavy atom. The van der Waals surface area contributed by atoms with E-state index in [4.69, 9.17) is 5.73 Å². The number of hydrogen-bond acceptors (Lipinski definition) is 5. The fraction of sp³-hybridized carbons (Fsp3) is 0.636. The van der Waals surface area contributed by atoms with Gasteiger partial charge in [-0.05, 0) is 54.8 Å². The molecule has 1 aliphatic heterocycles. The standard InChI is InChI=1S/C11H18BrN5/c1-17-4-2-8(3-5-17)6-14-10-9(12)7-15-11(13)16-10/h7-8H,2-6H2,1H3,(H3,13,14,15,16). The minimum atomic E-state index is 0.305. The first-order valence-corrected chi connectivity index (χ1v) is 6.65. The molecular formula is C11H18BrN5. The van der Waals surface area contributed by atoms with Gasteiger partial charge in [-0.1, -0.05) is 0 Å². The van der Waals surface area contributed by atoms with Crippen molar-refractivity contribution in [2.75, 3.05) is 37.7 Å². The highest BCUT2D eigenvalue weighted by Gasteiger charge is 2.16. The predicted octanol–water partition coefficient (Wildman–Crippen LogP) is 1.57. The van der Waals surface area contributed by atoms with Crippen LogP contribution < -0.4 is 11.1 Å². The average Bonchev–Trinajstić information content (AvgIpc) is 2.32. The number of piperidine rings is 1. The second kappa shape index (κ2) is 5.64. The number of nitrogens with two attached hydrogens (primary N) is 1. The Bertz CT molecular complexity index is 376. The summed E-state index contributed by atoms with van der Waals surface area (Å²) >= 11 is 3.41. The van der Waals surface area contributed by atoms with Crippen molar-refractivity contribution in [3.05, 3.63) is 10.7 Å². The van der Waals surface area contributed by atoms with E-state index in [2.05, 4.69) is 43.2 Å². The van der Waals surface area contributed by atoms with Crippen LogP contribution in [0.5, 0.6) is 0 Å². The van der Waals surface area contributed by atoms with Gasteiger partial charge in [0.2, 0.25) is 5.95 Å². The Morgan fingerprint density at radius 1 is 1.53 bits per heavy atom. The maximum atomic E-state index is 5.56. The van der Waals surface area contributed by atoms with E-state index in [1.165, 1.54) is 25.9 Å². The van der Waals surface area contributed by atoms with Gasteiger partial charge in [-0.2, -0.15) is 4.98 Å². The largest absolute Gasteiger partial charge is 0.369 e. The fourth-order valence-corrected chi connectivity index (χ4v) is 2.34. The first-order chi connectivity index (χ1) is 8.15. The van der Waals surface area contributed by atoms with E-state index >= 15 is 0 Å². The van der Waals surface area contributed by atoms with Crippen LogP contribution in [0.25, 0.3) is 0 Å². The lowest BCUT2D eigenvalue weighted by Crippen LogP contribution is -2.33. The quantitative estimate of drug-likeness (QED) is 0.887. The third-order valence-corrected chi connectivity index (χ3v) is 3.74. The summed E-state index contributed by atoms with van der Waals surface area (Å²) in [5.41, 5.74) is 5.56. The van der Waals surface area contributed by atoms with Crippen molar-refractivity contribution in [2.45, 2.75) is 12.8 Å². The van der Waals surface area contributed by atoms with E-state index < -0.39 is 0 Å². The molecule has 17 heavy (non-hydrogen) atoms. The summed E-state index contributed by atoms with van der Waals surface area (Å²) in [7, 11) is 2.17. The number of nitrogen functional groups attached to an aromatic ring is 1. The summed E-state index contributed by atoms with van der Waals surface area (Å²) in [6.07, 6.45) is 4.16. The molecule has 2 heterocycles. The topological polar surface area (TPSA) is 67.1 Å². The van der Waals surface area contributed by atoms with Gasteiger partial charge in [0, 0.05) is 12.7 Å². The van der Waals surface area contributed by atoms with Gasteiger partial charge in [0.05, 0.1) is 4.47 Å². The maximum absolute atomic E-state index is 5.56. The molecule has 0 bridgehead atoms. The number of hydrogen-bond donors (Lipinski definition) is 2. The first-order valence-electron chi connectivity index (χ1n) is 5.85. The number of aromatic nitrogens is 2. The van der Waals surface area contributed by atoms with Crippen LogP contribution in [0, 0.1) is 5.92 Å². The molecule has 1 aliphatic rings. The lowest BCUT2D eigenvalue weighted by molar-refractivity contribution is 0.226. The van der Waals surface area contributed by atoms with Gasteiger partial charge < -0.3 is 16.0 Å². The summed E-state index contributed by atoms with van der Waals surface area (Å²) in [5.74, 6) is 1.81. The van der Waals surface area contributed by atoms with Crippen LogP contribution >= 0.6 is 15.9 Å². The van der Waals surface area contributed by atoms with E-state index in [0.29, 0.717) is 11.9 Å². The summed E-state index contributed by atoms with van der Waals surface area (Å²) in [6.45, 7) is 3.31. The Labute approximate surface area is 110 Å². The Kier molecular flexibility index (Phi) is 4.17. The minimum absolute atomic E-state index is 0.305. The molecule has 1 aromatic heterocycles. The van der Waals surface area contributed by atoms with Crippen LogP contribution in [0.3, 0.4) is 0 Å². The SMILES string of the molecule is CN1CCC(CNc2nc(N)ncc2Br)CC1.